The Labute approximate surface area is 149 Å². The van der Waals surface area contributed by atoms with Crippen LogP contribution in [0.2, 0.25) is 0 Å². The maximum Gasteiger partial charge on any atom is 0.226 e. The first kappa shape index (κ1) is 15.0. The number of anilines is 2. The van der Waals surface area contributed by atoms with Gasteiger partial charge in [-0.1, -0.05) is 0 Å². The van der Waals surface area contributed by atoms with Gasteiger partial charge in [0.05, 0.1) is 0 Å². The molecule has 9 nitrogen and oxygen atoms in total. The van der Waals surface area contributed by atoms with Crippen molar-refractivity contribution in [2.24, 2.45) is 11.8 Å². The normalized spacial score (nSPS) is 22.0. The minimum atomic E-state index is 0.412. The van der Waals surface area contributed by atoms with Crippen molar-refractivity contribution in [1.82, 2.24) is 29.8 Å². The summed E-state index contributed by atoms with van der Waals surface area (Å²) in [5.74, 6) is 3.50. The molecule has 2 atom stereocenters. The Morgan fingerprint density at radius 1 is 1.04 bits per heavy atom. The molecule has 2 aliphatic heterocycles. The highest BCUT2D eigenvalue weighted by Gasteiger charge is 2.41. The Kier molecular flexibility index (Phi) is 3.25. The average molecular weight is 347 g/mol. The van der Waals surface area contributed by atoms with E-state index < -0.39 is 0 Å². The minimum absolute atomic E-state index is 0.412. The van der Waals surface area contributed by atoms with E-state index >= 15 is 0 Å². The predicted octanol–water partition coefficient (Wildman–Crippen LogP) is 0.667. The van der Waals surface area contributed by atoms with Gasteiger partial charge in [-0.15, -0.1) is 15.3 Å². The van der Waals surface area contributed by atoms with Gasteiger partial charge in [-0.05, 0) is 25.1 Å². The first-order valence-electron chi connectivity index (χ1n) is 8.63. The number of rotatable bonds is 2. The molecule has 3 aromatic rings. The van der Waals surface area contributed by atoms with Gasteiger partial charge in [0.15, 0.2) is 11.5 Å². The van der Waals surface area contributed by atoms with E-state index in [2.05, 4.69) is 41.1 Å². The van der Waals surface area contributed by atoms with Gasteiger partial charge in [0, 0.05) is 44.2 Å². The molecule has 0 amide bonds. The monoisotopic (exact) mass is 347 g/mol. The molecule has 2 fully saturated rings. The van der Waals surface area contributed by atoms with Crippen molar-refractivity contribution in [2.75, 3.05) is 36.0 Å². The lowest BCUT2D eigenvalue weighted by molar-refractivity contribution is 0.533. The van der Waals surface area contributed by atoms with Crippen LogP contribution < -0.4 is 9.80 Å². The molecule has 9 heteroatoms. The molecule has 0 N–H and O–H groups in total. The second kappa shape index (κ2) is 5.62. The minimum Gasteiger partial charge on any atom is -0.354 e. The molecule has 0 spiro atoms. The van der Waals surface area contributed by atoms with Crippen LogP contribution in [0.25, 0.3) is 5.65 Å². The van der Waals surface area contributed by atoms with Crippen molar-refractivity contribution in [3.05, 3.63) is 35.9 Å². The first-order chi connectivity index (χ1) is 12.7. The van der Waals surface area contributed by atoms with Gasteiger partial charge in [0.1, 0.15) is 17.6 Å². The van der Waals surface area contributed by atoms with Crippen LogP contribution in [0.4, 0.5) is 11.8 Å². The van der Waals surface area contributed by atoms with E-state index in [1.165, 1.54) is 0 Å². The Morgan fingerprint density at radius 3 is 2.58 bits per heavy atom. The molecule has 130 valence electrons. The zero-order valence-electron chi connectivity index (χ0n) is 14.3. The maximum atomic E-state index is 9.02. The summed E-state index contributed by atoms with van der Waals surface area (Å²) < 4.78 is 1.79. The van der Waals surface area contributed by atoms with E-state index in [-0.39, 0.29) is 0 Å². The molecule has 0 saturated carbocycles. The number of fused-ring (bicyclic) bond motifs is 2. The Morgan fingerprint density at radius 2 is 1.81 bits per heavy atom. The molecule has 0 aliphatic carbocycles. The third-order valence-corrected chi connectivity index (χ3v) is 5.26. The van der Waals surface area contributed by atoms with Crippen molar-refractivity contribution in [2.45, 2.75) is 6.92 Å². The third kappa shape index (κ3) is 2.34. The first-order valence-corrected chi connectivity index (χ1v) is 8.63. The van der Waals surface area contributed by atoms with Gasteiger partial charge in [-0.2, -0.15) is 9.78 Å². The van der Waals surface area contributed by atoms with Crippen LogP contribution in [0.3, 0.4) is 0 Å². The summed E-state index contributed by atoms with van der Waals surface area (Å²) in [5.41, 5.74) is 1.18. The van der Waals surface area contributed by atoms with Crippen LogP contribution in [0.5, 0.6) is 0 Å². The fourth-order valence-electron chi connectivity index (χ4n) is 3.96. The number of aromatic nitrogens is 6. The quantitative estimate of drug-likeness (QED) is 0.667. The Bertz CT molecular complexity index is 1010. The van der Waals surface area contributed by atoms with Crippen LogP contribution in [-0.2, 0) is 0 Å². The molecule has 2 saturated heterocycles. The van der Waals surface area contributed by atoms with Gasteiger partial charge in [0.2, 0.25) is 5.95 Å². The summed E-state index contributed by atoms with van der Waals surface area (Å²) >= 11 is 0. The zero-order valence-corrected chi connectivity index (χ0v) is 14.3. The van der Waals surface area contributed by atoms with Crippen LogP contribution in [0.1, 0.15) is 11.5 Å². The Balaban J connectivity index is 1.33. The number of nitriles is 1. The van der Waals surface area contributed by atoms with Crippen LogP contribution in [0.15, 0.2) is 24.4 Å². The standard InChI is InChI=1S/C17H17N9/c1-11-21-22-15-2-3-16(23-26(11)15)24-7-12-9-25(10-13(12)8-24)17-19-5-4-14(6-18)20-17/h2-5,12-13H,7-10H2,1H3. The molecule has 0 bridgehead atoms. The molecule has 3 aromatic heterocycles. The fraction of sp³-hybridized carbons (Fsp3) is 0.412. The van der Waals surface area contributed by atoms with E-state index in [1.807, 2.05) is 19.1 Å². The average Bonchev–Trinajstić information content (AvgIpc) is 3.35. The topological polar surface area (TPSA) is 99.1 Å². The second-order valence-corrected chi connectivity index (χ2v) is 6.89. The van der Waals surface area contributed by atoms with Gasteiger partial charge in [-0.25, -0.2) is 9.97 Å². The molecular formula is C17H17N9. The van der Waals surface area contributed by atoms with Gasteiger partial charge < -0.3 is 9.80 Å². The van der Waals surface area contributed by atoms with Crippen LogP contribution in [-0.4, -0.2) is 56.0 Å². The smallest absolute Gasteiger partial charge is 0.226 e. The fourth-order valence-corrected chi connectivity index (χ4v) is 3.96. The number of hydrogen-bond donors (Lipinski definition) is 0. The highest BCUT2D eigenvalue weighted by molar-refractivity contribution is 5.47. The van der Waals surface area contributed by atoms with E-state index in [0.717, 1.165) is 43.5 Å². The lowest BCUT2D eigenvalue weighted by atomic mass is 10.0. The summed E-state index contributed by atoms with van der Waals surface area (Å²) in [4.78, 5) is 13.2. The molecule has 2 unspecified atom stereocenters. The molecule has 0 aromatic carbocycles. The van der Waals surface area contributed by atoms with E-state index in [0.29, 0.717) is 23.5 Å². The molecular weight excluding hydrogens is 330 g/mol. The SMILES string of the molecule is Cc1nnc2ccc(N3CC4CN(c5nccc(C#N)n5)CC4C3)nn12. The summed E-state index contributed by atoms with van der Waals surface area (Å²) in [7, 11) is 0. The summed E-state index contributed by atoms with van der Waals surface area (Å²) in [5, 5.41) is 21.9. The highest BCUT2D eigenvalue weighted by Crippen LogP contribution is 2.34. The van der Waals surface area contributed by atoms with Crippen LogP contribution >= 0.6 is 0 Å². The van der Waals surface area contributed by atoms with E-state index in [1.54, 1.807) is 16.8 Å². The lowest BCUT2D eigenvalue weighted by Gasteiger charge is -2.22. The molecule has 26 heavy (non-hydrogen) atoms. The number of hydrogen-bond acceptors (Lipinski definition) is 8. The summed E-state index contributed by atoms with van der Waals surface area (Å²) in [6.45, 7) is 5.63. The predicted molar refractivity (Wildman–Crippen MR) is 93.7 cm³/mol. The van der Waals surface area contributed by atoms with Crippen molar-refractivity contribution in [1.29, 1.82) is 5.26 Å². The molecule has 5 rings (SSSR count). The van der Waals surface area contributed by atoms with Gasteiger partial charge in [0.25, 0.3) is 0 Å². The maximum absolute atomic E-state index is 9.02. The van der Waals surface area contributed by atoms with Crippen LogP contribution in [0, 0.1) is 30.1 Å². The number of nitrogens with zero attached hydrogens (tertiary/aromatic N) is 9. The van der Waals surface area contributed by atoms with Gasteiger partial charge >= 0.3 is 0 Å². The van der Waals surface area contributed by atoms with Crippen molar-refractivity contribution in [3.63, 3.8) is 0 Å². The Hall–Kier alpha value is -3.28. The zero-order chi connectivity index (χ0) is 17.7. The highest BCUT2D eigenvalue weighted by atomic mass is 15.4. The summed E-state index contributed by atoms with van der Waals surface area (Å²) in [6.07, 6.45) is 1.65. The summed E-state index contributed by atoms with van der Waals surface area (Å²) in [6, 6.07) is 7.69. The van der Waals surface area contributed by atoms with Crippen molar-refractivity contribution in [3.8, 4) is 6.07 Å². The molecule has 0 radical (unpaired) electrons. The van der Waals surface area contributed by atoms with E-state index in [4.69, 9.17) is 5.26 Å². The van der Waals surface area contributed by atoms with Crippen molar-refractivity contribution >= 4 is 17.4 Å². The largest absolute Gasteiger partial charge is 0.354 e. The third-order valence-electron chi connectivity index (χ3n) is 5.26. The number of aryl methyl sites for hydroxylation is 1. The lowest BCUT2D eigenvalue weighted by Crippen LogP contribution is -2.30. The second-order valence-electron chi connectivity index (χ2n) is 6.89. The molecule has 2 aliphatic rings. The van der Waals surface area contributed by atoms with E-state index in [9.17, 15) is 0 Å². The molecule has 5 heterocycles. The van der Waals surface area contributed by atoms with Gasteiger partial charge in [-0.3, -0.25) is 0 Å². The van der Waals surface area contributed by atoms with Crippen molar-refractivity contribution < 1.29 is 0 Å².